The van der Waals surface area contributed by atoms with E-state index in [2.05, 4.69) is 5.32 Å². The van der Waals surface area contributed by atoms with Crippen molar-refractivity contribution in [2.75, 3.05) is 31.0 Å². The van der Waals surface area contributed by atoms with E-state index in [1.165, 1.54) is 50.3 Å². The lowest BCUT2D eigenvalue weighted by Gasteiger charge is -2.30. The molecule has 1 N–H and O–H groups in total. The van der Waals surface area contributed by atoms with Crippen LogP contribution in [-0.2, 0) is 23.9 Å². The Morgan fingerprint density at radius 3 is 2.24 bits per heavy atom. The standard InChI is InChI=1S/C23H24FN3O6/c1-14(28)25-17-8-10-18(11-9-17)27-20(29)12-19(23(27)31)26(13-21(32-2)33-3)22(30)15-4-6-16(24)7-5-15/h4-11,19,21H,12-13H2,1-3H3,(H,25,28). The summed E-state index contributed by atoms with van der Waals surface area (Å²) in [7, 11) is 2.78. The van der Waals surface area contributed by atoms with Crippen LogP contribution in [0.1, 0.15) is 23.7 Å². The fourth-order valence-corrected chi connectivity index (χ4v) is 3.54. The third-order valence-electron chi connectivity index (χ3n) is 5.17. The van der Waals surface area contributed by atoms with E-state index in [4.69, 9.17) is 9.47 Å². The molecule has 9 nitrogen and oxygen atoms in total. The van der Waals surface area contributed by atoms with Gasteiger partial charge in [0.1, 0.15) is 11.9 Å². The number of halogens is 1. The lowest BCUT2D eigenvalue weighted by molar-refractivity contribution is -0.128. The van der Waals surface area contributed by atoms with E-state index in [9.17, 15) is 23.6 Å². The van der Waals surface area contributed by atoms with E-state index in [0.29, 0.717) is 11.4 Å². The SMILES string of the molecule is COC(CN(C(=O)c1ccc(F)cc1)C1CC(=O)N(c2ccc(NC(C)=O)cc2)C1=O)OC. The number of benzene rings is 2. The van der Waals surface area contributed by atoms with Gasteiger partial charge in [0.05, 0.1) is 18.7 Å². The molecule has 0 spiro atoms. The quantitative estimate of drug-likeness (QED) is 0.481. The predicted molar refractivity (Wildman–Crippen MR) is 117 cm³/mol. The molecule has 174 valence electrons. The molecular weight excluding hydrogens is 433 g/mol. The van der Waals surface area contributed by atoms with Gasteiger partial charge in [-0.25, -0.2) is 9.29 Å². The molecule has 1 aliphatic heterocycles. The summed E-state index contributed by atoms with van der Waals surface area (Å²) in [5.74, 6) is -2.40. The number of hydrogen-bond donors (Lipinski definition) is 1. The fourth-order valence-electron chi connectivity index (χ4n) is 3.54. The molecule has 2 aromatic rings. The molecule has 1 fully saturated rings. The molecule has 1 heterocycles. The molecule has 1 saturated heterocycles. The van der Waals surface area contributed by atoms with Gasteiger partial charge in [-0.3, -0.25) is 19.2 Å². The summed E-state index contributed by atoms with van der Waals surface area (Å²) in [6, 6.07) is 9.98. The fraction of sp³-hybridized carbons (Fsp3) is 0.304. The zero-order valence-electron chi connectivity index (χ0n) is 18.4. The van der Waals surface area contributed by atoms with Crippen LogP contribution in [-0.4, -0.2) is 61.6 Å². The summed E-state index contributed by atoms with van der Waals surface area (Å²) in [6.45, 7) is 1.24. The Hall–Kier alpha value is -3.63. The molecule has 10 heteroatoms. The van der Waals surface area contributed by atoms with Gasteiger partial charge in [-0.2, -0.15) is 0 Å². The molecule has 33 heavy (non-hydrogen) atoms. The van der Waals surface area contributed by atoms with E-state index < -0.39 is 35.9 Å². The van der Waals surface area contributed by atoms with Gasteiger partial charge in [-0.1, -0.05) is 0 Å². The molecule has 0 radical (unpaired) electrons. The smallest absolute Gasteiger partial charge is 0.257 e. The Bertz CT molecular complexity index is 1040. The van der Waals surface area contributed by atoms with Crippen LogP contribution < -0.4 is 10.2 Å². The molecule has 4 amide bonds. The maximum atomic E-state index is 13.3. The summed E-state index contributed by atoms with van der Waals surface area (Å²) >= 11 is 0. The van der Waals surface area contributed by atoms with Crippen LogP contribution in [0.2, 0.25) is 0 Å². The second-order valence-corrected chi connectivity index (χ2v) is 7.38. The number of nitrogens with one attached hydrogen (secondary N) is 1. The highest BCUT2D eigenvalue weighted by atomic mass is 19.1. The first-order chi connectivity index (χ1) is 15.7. The molecule has 1 aliphatic rings. The van der Waals surface area contributed by atoms with Gasteiger partial charge in [-0.05, 0) is 48.5 Å². The largest absolute Gasteiger partial charge is 0.354 e. The zero-order valence-corrected chi connectivity index (χ0v) is 18.4. The van der Waals surface area contributed by atoms with Crippen LogP contribution in [0, 0.1) is 5.82 Å². The van der Waals surface area contributed by atoms with Crippen LogP contribution in [0.15, 0.2) is 48.5 Å². The van der Waals surface area contributed by atoms with Gasteiger partial charge in [0.15, 0.2) is 6.29 Å². The third kappa shape index (κ3) is 5.41. The molecule has 0 saturated carbocycles. The van der Waals surface area contributed by atoms with Crippen LogP contribution >= 0.6 is 0 Å². The van der Waals surface area contributed by atoms with E-state index >= 15 is 0 Å². The number of nitrogens with zero attached hydrogens (tertiary/aromatic N) is 2. The minimum absolute atomic E-state index is 0.123. The van der Waals surface area contributed by atoms with Crippen molar-refractivity contribution < 1.29 is 33.0 Å². The number of rotatable bonds is 8. The molecule has 2 aromatic carbocycles. The molecule has 0 bridgehead atoms. The first kappa shape index (κ1) is 24.0. The lowest BCUT2D eigenvalue weighted by atomic mass is 10.1. The van der Waals surface area contributed by atoms with Crippen molar-refractivity contribution in [3.05, 3.63) is 59.9 Å². The van der Waals surface area contributed by atoms with Crippen molar-refractivity contribution in [2.45, 2.75) is 25.7 Å². The molecular formula is C23H24FN3O6. The molecule has 3 rings (SSSR count). The maximum absolute atomic E-state index is 13.3. The van der Waals surface area contributed by atoms with Crippen molar-refractivity contribution in [2.24, 2.45) is 0 Å². The highest BCUT2D eigenvalue weighted by molar-refractivity contribution is 6.23. The number of anilines is 2. The number of carbonyl (C=O) groups excluding carboxylic acids is 4. The third-order valence-corrected chi connectivity index (χ3v) is 5.17. The van der Waals surface area contributed by atoms with E-state index in [-0.39, 0.29) is 24.4 Å². The van der Waals surface area contributed by atoms with Gasteiger partial charge in [0, 0.05) is 32.4 Å². The number of methoxy groups -OCH3 is 2. The van der Waals surface area contributed by atoms with E-state index in [1.54, 1.807) is 12.1 Å². The molecule has 0 aliphatic carbocycles. The van der Waals surface area contributed by atoms with Crippen molar-refractivity contribution in [1.29, 1.82) is 0 Å². The van der Waals surface area contributed by atoms with Gasteiger partial charge in [-0.15, -0.1) is 0 Å². The van der Waals surface area contributed by atoms with Crippen molar-refractivity contribution in [1.82, 2.24) is 4.90 Å². The Balaban J connectivity index is 1.89. The van der Waals surface area contributed by atoms with Gasteiger partial charge in [0.25, 0.3) is 11.8 Å². The average molecular weight is 457 g/mol. The minimum Gasteiger partial charge on any atom is -0.354 e. The number of hydrogen-bond acceptors (Lipinski definition) is 6. The first-order valence-electron chi connectivity index (χ1n) is 10.1. The number of imide groups is 1. The second kappa shape index (κ2) is 10.3. The number of ether oxygens (including phenoxy) is 2. The normalized spacial score (nSPS) is 15.8. The topological polar surface area (TPSA) is 105 Å². The van der Waals surface area contributed by atoms with Crippen molar-refractivity contribution >= 4 is 35.0 Å². The number of carbonyl (C=O) groups is 4. The molecule has 1 unspecified atom stereocenters. The predicted octanol–water partition coefficient (Wildman–Crippen LogP) is 2.18. The van der Waals surface area contributed by atoms with E-state index in [1.807, 2.05) is 0 Å². The van der Waals surface area contributed by atoms with Crippen LogP contribution in [0.3, 0.4) is 0 Å². The van der Waals surface area contributed by atoms with Gasteiger partial charge >= 0.3 is 0 Å². The second-order valence-electron chi connectivity index (χ2n) is 7.38. The average Bonchev–Trinajstić information content (AvgIpc) is 3.08. The Morgan fingerprint density at radius 1 is 1.09 bits per heavy atom. The summed E-state index contributed by atoms with van der Waals surface area (Å²) in [4.78, 5) is 52.7. The summed E-state index contributed by atoms with van der Waals surface area (Å²) in [5, 5.41) is 2.61. The van der Waals surface area contributed by atoms with Crippen LogP contribution in [0.25, 0.3) is 0 Å². The highest BCUT2D eigenvalue weighted by Crippen LogP contribution is 2.28. The summed E-state index contributed by atoms with van der Waals surface area (Å²) in [6.07, 6.45) is -1.08. The highest BCUT2D eigenvalue weighted by Gasteiger charge is 2.45. The lowest BCUT2D eigenvalue weighted by Crippen LogP contribution is -2.49. The maximum Gasteiger partial charge on any atom is 0.257 e. The Labute approximate surface area is 190 Å². The van der Waals surface area contributed by atoms with Crippen molar-refractivity contribution in [3.63, 3.8) is 0 Å². The van der Waals surface area contributed by atoms with Crippen LogP contribution in [0.5, 0.6) is 0 Å². The number of amides is 4. The molecule has 1 atom stereocenters. The Kier molecular flexibility index (Phi) is 7.52. The monoisotopic (exact) mass is 457 g/mol. The van der Waals surface area contributed by atoms with Crippen molar-refractivity contribution in [3.8, 4) is 0 Å². The van der Waals surface area contributed by atoms with Gasteiger partial charge in [0.2, 0.25) is 11.8 Å². The van der Waals surface area contributed by atoms with Gasteiger partial charge < -0.3 is 19.7 Å². The van der Waals surface area contributed by atoms with E-state index in [0.717, 1.165) is 17.0 Å². The summed E-state index contributed by atoms with van der Waals surface area (Å²) < 4.78 is 23.7. The first-order valence-corrected chi connectivity index (χ1v) is 10.1. The zero-order chi connectivity index (χ0) is 24.1. The summed E-state index contributed by atoms with van der Waals surface area (Å²) in [5.41, 5.74) is 0.976. The molecule has 0 aromatic heterocycles. The van der Waals surface area contributed by atoms with Crippen LogP contribution in [0.4, 0.5) is 15.8 Å². The minimum atomic E-state index is -1.10. The Morgan fingerprint density at radius 2 is 1.70 bits per heavy atom.